The lowest BCUT2D eigenvalue weighted by atomic mass is 10.0. The van der Waals surface area contributed by atoms with E-state index in [1.54, 1.807) is 6.20 Å². The van der Waals surface area contributed by atoms with Gasteiger partial charge in [-0.1, -0.05) is 6.07 Å². The number of hydrogen-bond donors (Lipinski definition) is 1. The van der Waals surface area contributed by atoms with Gasteiger partial charge in [0.15, 0.2) is 11.5 Å². The van der Waals surface area contributed by atoms with Crippen LogP contribution in [0.5, 0.6) is 0 Å². The summed E-state index contributed by atoms with van der Waals surface area (Å²) in [6.07, 6.45) is 6.14. The Labute approximate surface area is 138 Å². The predicted octanol–water partition coefficient (Wildman–Crippen LogP) is 2.15. The Kier molecular flexibility index (Phi) is 5.10. The number of piperidine rings is 1. The number of carbonyl (C=O) groups is 1. The van der Waals surface area contributed by atoms with E-state index in [9.17, 15) is 13.6 Å². The van der Waals surface area contributed by atoms with Gasteiger partial charge in [0, 0.05) is 37.6 Å². The molecule has 1 aliphatic heterocycles. The molecule has 0 bridgehead atoms. The number of likely N-dealkylation sites (tertiary alicyclic amines) is 1. The van der Waals surface area contributed by atoms with Crippen molar-refractivity contribution in [3.63, 3.8) is 0 Å². The third-order valence-corrected chi connectivity index (χ3v) is 3.99. The molecule has 0 radical (unpaired) electrons. The Morgan fingerprint density at radius 3 is 3.00 bits per heavy atom. The predicted molar refractivity (Wildman–Crippen MR) is 84.2 cm³/mol. The summed E-state index contributed by atoms with van der Waals surface area (Å²) >= 11 is 0. The molecule has 0 saturated carbocycles. The second kappa shape index (κ2) is 7.44. The minimum Gasteiger partial charge on any atom is -0.347 e. The lowest BCUT2D eigenvalue weighted by Crippen LogP contribution is -2.47. The maximum absolute atomic E-state index is 13.6. The molecular formula is C17H18F2N4O. The fourth-order valence-corrected chi connectivity index (χ4v) is 2.90. The normalized spacial score (nSPS) is 18.3. The summed E-state index contributed by atoms with van der Waals surface area (Å²) in [7, 11) is 0. The number of nitrogens with zero attached hydrogens (tertiary/aromatic N) is 3. The summed E-state index contributed by atoms with van der Waals surface area (Å²) in [5.41, 5.74) is 0.733. The summed E-state index contributed by atoms with van der Waals surface area (Å²) in [6.45, 7) is 2.36. The van der Waals surface area contributed by atoms with Gasteiger partial charge in [-0.15, -0.1) is 0 Å². The molecule has 1 aliphatic rings. The van der Waals surface area contributed by atoms with E-state index in [4.69, 9.17) is 0 Å². The molecular weight excluding hydrogens is 314 g/mol. The Morgan fingerprint density at radius 1 is 1.38 bits per heavy atom. The monoisotopic (exact) mass is 332 g/mol. The van der Waals surface area contributed by atoms with E-state index in [2.05, 4.69) is 20.2 Å². The summed E-state index contributed by atoms with van der Waals surface area (Å²) < 4.78 is 26.5. The lowest BCUT2D eigenvalue weighted by Gasteiger charge is -2.33. The van der Waals surface area contributed by atoms with Crippen LogP contribution in [-0.4, -0.2) is 39.9 Å². The SMILES string of the molecule is O=C(N[C@@H]1CCCN(Cc2cccnc2)C1)c1ncc(F)cc1F. The third kappa shape index (κ3) is 4.11. The number of halogens is 2. The number of pyridine rings is 2. The lowest BCUT2D eigenvalue weighted by molar-refractivity contribution is 0.0891. The van der Waals surface area contributed by atoms with Gasteiger partial charge in [-0.2, -0.15) is 0 Å². The van der Waals surface area contributed by atoms with Crippen LogP contribution in [0.4, 0.5) is 8.78 Å². The van der Waals surface area contributed by atoms with Gasteiger partial charge in [0.05, 0.1) is 6.20 Å². The highest BCUT2D eigenvalue weighted by molar-refractivity contribution is 5.92. The van der Waals surface area contributed by atoms with Crippen molar-refractivity contribution in [1.82, 2.24) is 20.2 Å². The van der Waals surface area contributed by atoms with Crippen molar-refractivity contribution in [2.45, 2.75) is 25.4 Å². The molecule has 0 unspecified atom stereocenters. The highest BCUT2D eigenvalue weighted by Gasteiger charge is 2.23. The summed E-state index contributed by atoms with van der Waals surface area (Å²) in [5.74, 6) is -2.36. The summed E-state index contributed by atoms with van der Waals surface area (Å²) in [6, 6.07) is 4.47. The van der Waals surface area contributed by atoms with Gasteiger partial charge in [0.2, 0.25) is 0 Å². The largest absolute Gasteiger partial charge is 0.347 e. The maximum atomic E-state index is 13.6. The molecule has 3 rings (SSSR count). The first kappa shape index (κ1) is 16.4. The van der Waals surface area contributed by atoms with Gasteiger partial charge in [-0.05, 0) is 31.0 Å². The first-order valence-corrected chi connectivity index (χ1v) is 7.85. The van der Waals surface area contributed by atoms with Crippen LogP contribution in [0.15, 0.2) is 36.8 Å². The molecule has 1 fully saturated rings. The van der Waals surface area contributed by atoms with Gasteiger partial charge < -0.3 is 5.32 Å². The number of hydrogen-bond acceptors (Lipinski definition) is 4. The molecule has 5 nitrogen and oxygen atoms in total. The number of nitrogens with one attached hydrogen (secondary N) is 1. The van der Waals surface area contributed by atoms with E-state index < -0.39 is 17.5 Å². The van der Waals surface area contributed by atoms with E-state index in [0.29, 0.717) is 12.6 Å². The quantitative estimate of drug-likeness (QED) is 0.932. The molecule has 2 aromatic rings. The Morgan fingerprint density at radius 2 is 2.25 bits per heavy atom. The zero-order valence-corrected chi connectivity index (χ0v) is 13.1. The standard InChI is InChI=1S/C17H18F2N4O/c18-13-7-15(19)16(21-9-13)17(24)22-14-4-2-6-23(11-14)10-12-3-1-5-20-8-12/h1,3,5,7-9,14H,2,4,6,10-11H2,(H,22,24)/t14-/m1/s1. The zero-order chi connectivity index (χ0) is 16.9. The molecule has 3 heterocycles. The smallest absolute Gasteiger partial charge is 0.273 e. The molecule has 0 aromatic carbocycles. The molecule has 1 atom stereocenters. The Balaban J connectivity index is 1.59. The van der Waals surface area contributed by atoms with Crippen LogP contribution in [0.2, 0.25) is 0 Å². The van der Waals surface area contributed by atoms with Crippen LogP contribution in [0, 0.1) is 11.6 Å². The van der Waals surface area contributed by atoms with Crippen LogP contribution in [0.1, 0.15) is 28.9 Å². The van der Waals surface area contributed by atoms with Crippen LogP contribution >= 0.6 is 0 Å². The van der Waals surface area contributed by atoms with Gasteiger partial charge in [0.25, 0.3) is 5.91 Å². The minimum atomic E-state index is -0.949. The first-order chi connectivity index (χ1) is 11.6. The van der Waals surface area contributed by atoms with E-state index in [1.165, 1.54) is 0 Å². The van der Waals surface area contributed by atoms with Gasteiger partial charge >= 0.3 is 0 Å². The molecule has 0 spiro atoms. The molecule has 1 saturated heterocycles. The van der Waals surface area contributed by atoms with Crippen molar-refractivity contribution in [2.24, 2.45) is 0 Å². The molecule has 1 N–H and O–H groups in total. The highest BCUT2D eigenvalue weighted by Crippen LogP contribution is 2.14. The first-order valence-electron chi connectivity index (χ1n) is 7.85. The Hall–Kier alpha value is -2.41. The summed E-state index contributed by atoms with van der Waals surface area (Å²) in [4.78, 5) is 22.0. The topological polar surface area (TPSA) is 58.1 Å². The summed E-state index contributed by atoms with van der Waals surface area (Å²) in [5, 5.41) is 2.79. The second-order valence-corrected chi connectivity index (χ2v) is 5.89. The number of rotatable bonds is 4. The molecule has 126 valence electrons. The molecule has 2 aromatic heterocycles. The second-order valence-electron chi connectivity index (χ2n) is 5.89. The minimum absolute atomic E-state index is 0.0887. The van der Waals surface area contributed by atoms with Crippen molar-refractivity contribution < 1.29 is 13.6 Å². The van der Waals surface area contributed by atoms with E-state index >= 15 is 0 Å². The fourth-order valence-electron chi connectivity index (χ4n) is 2.90. The third-order valence-electron chi connectivity index (χ3n) is 3.99. The van der Waals surface area contributed by atoms with Gasteiger partial charge in [-0.25, -0.2) is 13.8 Å². The van der Waals surface area contributed by atoms with Crippen molar-refractivity contribution in [3.8, 4) is 0 Å². The van der Waals surface area contributed by atoms with Crippen LogP contribution in [0.3, 0.4) is 0 Å². The van der Waals surface area contributed by atoms with Crippen molar-refractivity contribution in [3.05, 3.63) is 59.7 Å². The van der Waals surface area contributed by atoms with Crippen LogP contribution < -0.4 is 5.32 Å². The van der Waals surface area contributed by atoms with E-state index in [-0.39, 0.29) is 11.7 Å². The molecule has 0 aliphatic carbocycles. The zero-order valence-electron chi connectivity index (χ0n) is 13.1. The van der Waals surface area contributed by atoms with Crippen LogP contribution in [-0.2, 0) is 6.54 Å². The van der Waals surface area contributed by atoms with Crippen LogP contribution in [0.25, 0.3) is 0 Å². The fraction of sp³-hybridized carbons (Fsp3) is 0.353. The highest BCUT2D eigenvalue weighted by atomic mass is 19.1. The molecule has 1 amide bonds. The van der Waals surface area contributed by atoms with Crippen molar-refractivity contribution >= 4 is 5.91 Å². The number of amides is 1. The Bertz CT molecular complexity index is 711. The average molecular weight is 332 g/mol. The van der Waals surface area contributed by atoms with Crippen molar-refractivity contribution in [2.75, 3.05) is 13.1 Å². The maximum Gasteiger partial charge on any atom is 0.273 e. The van der Waals surface area contributed by atoms with E-state index in [1.807, 2.05) is 18.3 Å². The number of aromatic nitrogens is 2. The van der Waals surface area contributed by atoms with Gasteiger partial charge in [0.1, 0.15) is 5.82 Å². The van der Waals surface area contributed by atoms with Crippen molar-refractivity contribution in [1.29, 1.82) is 0 Å². The van der Waals surface area contributed by atoms with E-state index in [0.717, 1.165) is 37.7 Å². The average Bonchev–Trinajstić information content (AvgIpc) is 2.56. The molecule has 7 heteroatoms. The molecule has 24 heavy (non-hydrogen) atoms. The number of carbonyl (C=O) groups excluding carboxylic acids is 1. The van der Waals surface area contributed by atoms with Gasteiger partial charge in [-0.3, -0.25) is 14.7 Å².